The number of aryl methyl sites for hydroxylation is 1. The van der Waals surface area contributed by atoms with Crippen molar-refractivity contribution in [2.45, 2.75) is 39.2 Å². The standard InChI is InChI=1S/C21H28N4O3S/c1-16-20(17(2)25(23-16)18-9-5-4-6-10-18)12-13-21(26)24-14-8-7-11-19(24)15-22-29(3,27)28/h4-6,9-10,12-13,19,22H,7-8,11,14-15H2,1-3H3/b13-12+. The number of likely N-dealkylation sites (tertiary alicyclic amines) is 1. The van der Waals surface area contributed by atoms with Crippen LogP contribution in [0.4, 0.5) is 0 Å². The lowest BCUT2D eigenvalue weighted by atomic mass is 10.0. The van der Waals surface area contributed by atoms with Gasteiger partial charge in [0.15, 0.2) is 0 Å². The molecule has 0 spiro atoms. The van der Waals surface area contributed by atoms with E-state index in [1.54, 1.807) is 11.0 Å². The number of hydrogen-bond donors (Lipinski definition) is 1. The van der Waals surface area contributed by atoms with Gasteiger partial charge in [0.05, 0.1) is 17.6 Å². The number of sulfonamides is 1. The normalized spacial score (nSPS) is 17.8. The first-order valence-electron chi connectivity index (χ1n) is 9.81. The molecule has 8 heteroatoms. The zero-order valence-corrected chi connectivity index (χ0v) is 17.9. The lowest BCUT2D eigenvalue weighted by molar-refractivity contribution is -0.129. The van der Waals surface area contributed by atoms with Gasteiger partial charge in [-0.1, -0.05) is 18.2 Å². The highest BCUT2D eigenvalue weighted by molar-refractivity contribution is 7.88. The van der Waals surface area contributed by atoms with Gasteiger partial charge >= 0.3 is 0 Å². The molecule has 7 nitrogen and oxygen atoms in total. The maximum absolute atomic E-state index is 12.8. The summed E-state index contributed by atoms with van der Waals surface area (Å²) < 4.78 is 27.2. The van der Waals surface area contributed by atoms with Crippen LogP contribution in [0.3, 0.4) is 0 Å². The number of piperidine rings is 1. The van der Waals surface area contributed by atoms with Crippen LogP contribution >= 0.6 is 0 Å². The Balaban J connectivity index is 1.76. The highest BCUT2D eigenvalue weighted by atomic mass is 32.2. The number of hydrogen-bond acceptors (Lipinski definition) is 4. The molecule has 1 amide bonds. The second-order valence-electron chi connectivity index (χ2n) is 7.47. The van der Waals surface area contributed by atoms with E-state index in [0.717, 1.165) is 48.2 Å². The Kier molecular flexibility index (Phi) is 6.54. The third-order valence-corrected chi connectivity index (χ3v) is 5.92. The number of carbonyl (C=O) groups is 1. The van der Waals surface area contributed by atoms with Gasteiger partial charge in [-0.15, -0.1) is 0 Å². The molecule has 1 aromatic carbocycles. The number of rotatable bonds is 6. The van der Waals surface area contributed by atoms with Crippen LogP contribution in [-0.2, 0) is 14.8 Å². The molecule has 0 radical (unpaired) electrons. The average molecular weight is 417 g/mol. The van der Waals surface area contributed by atoms with Gasteiger partial charge in [-0.25, -0.2) is 17.8 Å². The van der Waals surface area contributed by atoms with E-state index in [-0.39, 0.29) is 18.5 Å². The molecular formula is C21H28N4O3S. The van der Waals surface area contributed by atoms with Gasteiger partial charge in [0.2, 0.25) is 15.9 Å². The maximum Gasteiger partial charge on any atom is 0.246 e. The molecule has 156 valence electrons. The summed E-state index contributed by atoms with van der Waals surface area (Å²) in [7, 11) is -3.28. The molecule has 0 aliphatic carbocycles. The Morgan fingerprint density at radius 1 is 1.24 bits per heavy atom. The number of para-hydroxylation sites is 1. The molecule has 1 saturated heterocycles. The molecule has 1 fully saturated rings. The first-order valence-corrected chi connectivity index (χ1v) is 11.7. The highest BCUT2D eigenvalue weighted by Gasteiger charge is 2.26. The summed E-state index contributed by atoms with van der Waals surface area (Å²) in [5.41, 5.74) is 3.71. The van der Waals surface area contributed by atoms with Gasteiger partial charge in [-0.05, 0) is 51.3 Å². The molecule has 0 bridgehead atoms. The van der Waals surface area contributed by atoms with Crippen LogP contribution in [0.25, 0.3) is 11.8 Å². The molecule has 0 saturated carbocycles. The van der Waals surface area contributed by atoms with Gasteiger partial charge in [-0.3, -0.25) is 4.79 Å². The monoisotopic (exact) mass is 416 g/mol. The van der Waals surface area contributed by atoms with Crippen molar-refractivity contribution in [1.82, 2.24) is 19.4 Å². The molecule has 1 atom stereocenters. The number of carbonyl (C=O) groups excluding carboxylic acids is 1. The van der Waals surface area contributed by atoms with Crippen LogP contribution in [-0.4, -0.2) is 54.4 Å². The molecule has 29 heavy (non-hydrogen) atoms. The summed E-state index contributed by atoms with van der Waals surface area (Å²) in [5.74, 6) is -0.101. The van der Waals surface area contributed by atoms with Gasteiger partial charge in [-0.2, -0.15) is 5.10 Å². The zero-order chi connectivity index (χ0) is 21.0. The highest BCUT2D eigenvalue weighted by Crippen LogP contribution is 2.21. The molecule has 1 aliphatic rings. The molecule has 1 N–H and O–H groups in total. The van der Waals surface area contributed by atoms with Crippen LogP contribution in [0.2, 0.25) is 0 Å². The van der Waals surface area contributed by atoms with E-state index in [1.165, 1.54) is 0 Å². The van der Waals surface area contributed by atoms with Crippen LogP contribution in [0.5, 0.6) is 0 Å². The largest absolute Gasteiger partial charge is 0.335 e. The van der Waals surface area contributed by atoms with E-state index in [2.05, 4.69) is 9.82 Å². The molecule has 1 aliphatic heterocycles. The van der Waals surface area contributed by atoms with Gasteiger partial charge < -0.3 is 4.90 Å². The van der Waals surface area contributed by atoms with Crippen molar-refractivity contribution in [2.24, 2.45) is 0 Å². The number of aromatic nitrogens is 2. The molecule has 1 aromatic heterocycles. The lowest BCUT2D eigenvalue weighted by Gasteiger charge is -2.35. The SMILES string of the molecule is Cc1nn(-c2ccccc2)c(C)c1/C=C/C(=O)N1CCCCC1CNS(C)(=O)=O. The minimum atomic E-state index is -3.28. The number of nitrogens with one attached hydrogen (secondary N) is 1. The third-order valence-electron chi connectivity index (χ3n) is 5.23. The van der Waals surface area contributed by atoms with Crippen LogP contribution < -0.4 is 4.72 Å². The van der Waals surface area contributed by atoms with Crippen molar-refractivity contribution >= 4 is 22.0 Å². The van der Waals surface area contributed by atoms with E-state index in [9.17, 15) is 13.2 Å². The Labute approximate surface area is 172 Å². The predicted molar refractivity (Wildman–Crippen MR) is 114 cm³/mol. The lowest BCUT2D eigenvalue weighted by Crippen LogP contribution is -2.48. The minimum absolute atomic E-state index is 0.101. The second kappa shape index (κ2) is 8.92. The quantitative estimate of drug-likeness (QED) is 0.733. The van der Waals surface area contributed by atoms with Crippen LogP contribution in [0.15, 0.2) is 36.4 Å². The van der Waals surface area contributed by atoms with E-state index in [0.29, 0.717) is 6.54 Å². The summed E-state index contributed by atoms with van der Waals surface area (Å²) in [6.07, 6.45) is 7.24. The van der Waals surface area contributed by atoms with Crippen LogP contribution in [0.1, 0.15) is 36.2 Å². The fourth-order valence-corrected chi connectivity index (χ4v) is 4.21. The van der Waals surface area contributed by atoms with E-state index in [1.807, 2.05) is 54.9 Å². The Morgan fingerprint density at radius 2 is 1.97 bits per heavy atom. The summed E-state index contributed by atoms with van der Waals surface area (Å²) in [6.45, 7) is 4.80. The Hall–Kier alpha value is -2.45. The van der Waals surface area contributed by atoms with Gasteiger partial charge in [0.25, 0.3) is 0 Å². The number of benzene rings is 1. The Bertz CT molecular complexity index is 996. The van der Waals surface area contributed by atoms with Gasteiger partial charge in [0, 0.05) is 36.5 Å². The predicted octanol–water partition coefficient (Wildman–Crippen LogP) is 2.43. The van der Waals surface area contributed by atoms with Crippen LogP contribution in [0, 0.1) is 13.8 Å². The Morgan fingerprint density at radius 3 is 2.66 bits per heavy atom. The molecule has 2 aromatic rings. The van der Waals surface area contributed by atoms with E-state index in [4.69, 9.17) is 0 Å². The van der Waals surface area contributed by atoms with Crippen molar-refractivity contribution in [2.75, 3.05) is 19.3 Å². The van der Waals surface area contributed by atoms with Crippen molar-refractivity contribution in [3.8, 4) is 5.69 Å². The van der Waals surface area contributed by atoms with E-state index < -0.39 is 10.0 Å². The van der Waals surface area contributed by atoms with Gasteiger partial charge in [0.1, 0.15) is 0 Å². The topological polar surface area (TPSA) is 84.3 Å². The summed E-state index contributed by atoms with van der Waals surface area (Å²) in [4.78, 5) is 14.6. The van der Waals surface area contributed by atoms with E-state index >= 15 is 0 Å². The molecule has 1 unspecified atom stereocenters. The smallest absolute Gasteiger partial charge is 0.246 e. The number of amides is 1. The third kappa shape index (κ3) is 5.33. The second-order valence-corrected chi connectivity index (χ2v) is 9.30. The van der Waals surface area contributed by atoms with Crippen molar-refractivity contribution in [1.29, 1.82) is 0 Å². The molecule has 3 rings (SSSR count). The van der Waals surface area contributed by atoms with Crippen molar-refractivity contribution < 1.29 is 13.2 Å². The molecule has 2 heterocycles. The van der Waals surface area contributed by atoms with Crippen molar-refractivity contribution in [3.05, 3.63) is 53.4 Å². The summed E-state index contributed by atoms with van der Waals surface area (Å²) in [5, 5.41) is 4.61. The fraction of sp³-hybridized carbons (Fsp3) is 0.429. The van der Waals surface area contributed by atoms with Crippen molar-refractivity contribution in [3.63, 3.8) is 0 Å². The number of nitrogens with zero attached hydrogens (tertiary/aromatic N) is 3. The summed E-state index contributed by atoms with van der Waals surface area (Å²) in [6, 6.07) is 9.75. The summed E-state index contributed by atoms with van der Waals surface area (Å²) >= 11 is 0. The zero-order valence-electron chi connectivity index (χ0n) is 17.1. The first-order chi connectivity index (χ1) is 13.8. The average Bonchev–Trinajstić information content (AvgIpc) is 2.98. The fourth-order valence-electron chi connectivity index (χ4n) is 3.72. The maximum atomic E-state index is 12.8. The minimum Gasteiger partial charge on any atom is -0.335 e. The molecular weight excluding hydrogens is 388 g/mol. The first kappa shape index (κ1) is 21.3.